The molecule has 0 bridgehead atoms. The van der Waals surface area contributed by atoms with E-state index >= 15 is 0 Å². The molecule has 1 aromatic heterocycles. The largest absolute Gasteiger partial charge is 0.492 e. The highest BCUT2D eigenvalue weighted by Gasteiger charge is 2.31. The van der Waals surface area contributed by atoms with Crippen LogP contribution in [0, 0.1) is 5.82 Å². The van der Waals surface area contributed by atoms with Crippen LogP contribution in [0.4, 0.5) is 4.39 Å². The molecule has 0 radical (unpaired) electrons. The molecular weight excluding hydrogens is 299 g/mol. The third-order valence-electron chi connectivity index (χ3n) is 3.74. The minimum absolute atomic E-state index is 0.0544. The molecule has 0 spiro atoms. The SMILES string of the molecule is CN(CCOc1ccc(F)cc1)C(=O)C1NCc2ncncc21. The molecule has 120 valence electrons. The number of ether oxygens (including phenoxy) is 1. The predicted octanol–water partition coefficient (Wildman–Crippen LogP) is 1.30. The van der Waals surface area contributed by atoms with Crippen LogP contribution in [-0.2, 0) is 11.3 Å². The Labute approximate surface area is 133 Å². The van der Waals surface area contributed by atoms with Gasteiger partial charge in [-0.25, -0.2) is 14.4 Å². The van der Waals surface area contributed by atoms with Crippen LogP contribution >= 0.6 is 0 Å². The number of nitrogens with zero attached hydrogens (tertiary/aromatic N) is 3. The van der Waals surface area contributed by atoms with Crippen LogP contribution in [0.15, 0.2) is 36.8 Å². The summed E-state index contributed by atoms with van der Waals surface area (Å²) < 4.78 is 18.3. The van der Waals surface area contributed by atoms with Crippen molar-refractivity contribution in [3.63, 3.8) is 0 Å². The Kier molecular flexibility index (Phi) is 4.47. The normalized spacial score (nSPS) is 16.0. The van der Waals surface area contributed by atoms with Gasteiger partial charge in [-0.05, 0) is 24.3 Å². The number of carbonyl (C=O) groups is 1. The maximum atomic E-state index is 12.8. The summed E-state index contributed by atoms with van der Waals surface area (Å²) in [7, 11) is 1.72. The number of fused-ring (bicyclic) bond motifs is 1. The number of hydrogen-bond donors (Lipinski definition) is 1. The van der Waals surface area contributed by atoms with E-state index in [4.69, 9.17) is 4.74 Å². The van der Waals surface area contributed by atoms with Gasteiger partial charge in [0.05, 0.1) is 12.2 Å². The first kappa shape index (κ1) is 15.4. The highest BCUT2D eigenvalue weighted by atomic mass is 19.1. The van der Waals surface area contributed by atoms with Crippen molar-refractivity contribution < 1.29 is 13.9 Å². The van der Waals surface area contributed by atoms with E-state index in [2.05, 4.69) is 15.3 Å². The Hall–Kier alpha value is -2.54. The monoisotopic (exact) mass is 316 g/mol. The lowest BCUT2D eigenvalue weighted by atomic mass is 10.1. The number of carbonyl (C=O) groups excluding carboxylic acids is 1. The van der Waals surface area contributed by atoms with Crippen LogP contribution in [0.5, 0.6) is 5.75 Å². The van der Waals surface area contributed by atoms with E-state index in [1.54, 1.807) is 30.3 Å². The molecule has 1 amide bonds. The molecule has 0 fully saturated rings. The Balaban J connectivity index is 1.53. The molecule has 2 aromatic rings. The van der Waals surface area contributed by atoms with Gasteiger partial charge < -0.3 is 9.64 Å². The van der Waals surface area contributed by atoms with E-state index < -0.39 is 6.04 Å². The number of hydrogen-bond acceptors (Lipinski definition) is 5. The summed E-state index contributed by atoms with van der Waals surface area (Å²) in [6.07, 6.45) is 3.15. The summed E-state index contributed by atoms with van der Waals surface area (Å²) in [5.74, 6) is 0.212. The fraction of sp³-hybridized carbons (Fsp3) is 0.312. The van der Waals surface area contributed by atoms with Gasteiger partial charge in [0.25, 0.3) is 0 Å². The van der Waals surface area contributed by atoms with Crippen molar-refractivity contribution in [2.75, 3.05) is 20.2 Å². The molecule has 23 heavy (non-hydrogen) atoms. The number of likely N-dealkylation sites (N-methyl/N-ethyl adjacent to an activating group) is 1. The molecule has 1 aromatic carbocycles. The molecule has 1 aliphatic heterocycles. The second-order valence-electron chi connectivity index (χ2n) is 5.30. The number of aromatic nitrogens is 2. The van der Waals surface area contributed by atoms with E-state index in [0.29, 0.717) is 25.4 Å². The third kappa shape index (κ3) is 3.45. The van der Waals surface area contributed by atoms with E-state index in [1.807, 2.05) is 0 Å². The van der Waals surface area contributed by atoms with Crippen LogP contribution in [0.3, 0.4) is 0 Å². The third-order valence-corrected chi connectivity index (χ3v) is 3.74. The first-order chi connectivity index (χ1) is 11.1. The average Bonchev–Trinajstić information content (AvgIpc) is 3.00. The van der Waals surface area contributed by atoms with Gasteiger partial charge in [0.2, 0.25) is 5.91 Å². The van der Waals surface area contributed by atoms with Crippen LogP contribution < -0.4 is 10.1 Å². The van der Waals surface area contributed by atoms with Gasteiger partial charge in [-0.2, -0.15) is 0 Å². The summed E-state index contributed by atoms with van der Waals surface area (Å²) in [4.78, 5) is 22.2. The molecule has 1 aliphatic rings. The van der Waals surface area contributed by atoms with E-state index in [-0.39, 0.29) is 11.7 Å². The number of benzene rings is 1. The minimum atomic E-state index is -0.415. The van der Waals surface area contributed by atoms with Crippen LogP contribution in [0.2, 0.25) is 0 Å². The molecule has 1 atom stereocenters. The number of halogens is 1. The van der Waals surface area contributed by atoms with Gasteiger partial charge >= 0.3 is 0 Å². The molecule has 0 saturated carbocycles. The summed E-state index contributed by atoms with van der Waals surface area (Å²) >= 11 is 0. The van der Waals surface area contributed by atoms with E-state index in [9.17, 15) is 9.18 Å². The topological polar surface area (TPSA) is 67.3 Å². The second-order valence-corrected chi connectivity index (χ2v) is 5.30. The van der Waals surface area contributed by atoms with Crippen molar-refractivity contribution >= 4 is 5.91 Å². The Morgan fingerprint density at radius 3 is 3.00 bits per heavy atom. The molecule has 1 N–H and O–H groups in total. The summed E-state index contributed by atoms with van der Waals surface area (Å²) in [6, 6.07) is 5.38. The summed E-state index contributed by atoms with van der Waals surface area (Å²) in [5, 5.41) is 3.14. The standard InChI is InChI=1S/C16H17FN4O2/c1-21(6-7-23-12-4-2-11(17)3-5-12)16(22)15-13-8-18-10-20-14(13)9-19-15/h2-5,8,10,15,19H,6-7,9H2,1H3. The fourth-order valence-electron chi connectivity index (χ4n) is 2.45. The number of amides is 1. The van der Waals surface area contributed by atoms with Crippen molar-refractivity contribution in [3.05, 3.63) is 53.9 Å². The van der Waals surface area contributed by atoms with Crippen molar-refractivity contribution in [3.8, 4) is 5.75 Å². The number of rotatable bonds is 5. The van der Waals surface area contributed by atoms with Crippen molar-refractivity contribution in [1.82, 2.24) is 20.2 Å². The molecular formula is C16H17FN4O2. The van der Waals surface area contributed by atoms with Gasteiger partial charge in [0, 0.05) is 25.4 Å². The maximum Gasteiger partial charge on any atom is 0.244 e. The van der Waals surface area contributed by atoms with Crippen LogP contribution in [0.1, 0.15) is 17.3 Å². The zero-order valence-electron chi connectivity index (χ0n) is 12.7. The molecule has 0 aliphatic carbocycles. The van der Waals surface area contributed by atoms with Gasteiger partial charge in [0.1, 0.15) is 30.5 Å². The van der Waals surface area contributed by atoms with Gasteiger partial charge in [0.15, 0.2) is 0 Å². The lowest BCUT2D eigenvalue weighted by molar-refractivity contribution is -0.132. The van der Waals surface area contributed by atoms with Gasteiger partial charge in [-0.1, -0.05) is 0 Å². The van der Waals surface area contributed by atoms with Crippen LogP contribution in [-0.4, -0.2) is 41.0 Å². The highest BCUT2D eigenvalue weighted by Crippen LogP contribution is 2.23. The molecule has 0 saturated heterocycles. The Bertz CT molecular complexity index is 693. The summed E-state index contributed by atoms with van der Waals surface area (Å²) in [6.45, 7) is 1.32. The quantitative estimate of drug-likeness (QED) is 0.900. The lowest BCUT2D eigenvalue weighted by Gasteiger charge is -2.21. The molecule has 2 heterocycles. The van der Waals surface area contributed by atoms with Gasteiger partial charge in [-0.15, -0.1) is 0 Å². The van der Waals surface area contributed by atoms with Crippen molar-refractivity contribution in [2.45, 2.75) is 12.6 Å². The minimum Gasteiger partial charge on any atom is -0.492 e. The van der Waals surface area contributed by atoms with Crippen molar-refractivity contribution in [2.24, 2.45) is 0 Å². The van der Waals surface area contributed by atoms with Crippen LogP contribution in [0.25, 0.3) is 0 Å². The zero-order valence-corrected chi connectivity index (χ0v) is 12.7. The highest BCUT2D eigenvalue weighted by molar-refractivity contribution is 5.84. The van der Waals surface area contributed by atoms with E-state index in [0.717, 1.165) is 11.3 Å². The van der Waals surface area contributed by atoms with Gasteiger partial charge in [-0.3, -0.25) is 10.1 Å². The smallest absolute Gasteiger partial charge is 0.244 e. The molecule has 3 rings (SSSR count). The average molecular weight is 316 g/mol. The molecule has 6 nitrogen and oxygen atoms in total. The second kappa shape index (κ2) is 6.70. The van der Waals surface area contributed by atoms with Crippen molar-refractivity contribution in [1.29, 1.82) is 0 Å². The van der Waals surface area contributed by atoms with E-state index in [1.165, 1.54) is 18.5 Å². The molecule has 1 unspecified atom stereocenters. The Morgan fingerprint density at radius 1 is 1.43 bits per heavy atom. The summed E-state index contributed by atoms with van der Waals surface area (Å²) in [5.41, 5.74) is 1.68. The maximum absolute atomic E-state index is 12.8. The predicted molar refractivity (Wildman–Crippen MR) is 81.1 cm³/mol. The number of nitrogens with one attached hydrogen (secondary N) is 1. The fourth-order valence-corrected chi connectivity index (χ4v) is 2.45. The molecule has 7 heteroatoms. The first-order valence-corrected chi connectivity index (χ1v) is 7.30. The first-order valence-electron chi connectivity index (χ1n) is 7.30. The Morgan fingerprint density at radius 2 is 2.22 bits per heavy atom. The lowest BCUT2D eigenvalue weighted by Crippen LogP contribution is -2.38. The zero-order chi connectivity index (χ0) is 16.2.